The molecule has 1 aliphatic heterocycles. The molecule has 4 rings (SSSR count). The van der Waals surface area contributed by atoms with Crippen molar-refractivity contribution in [2.24, 2.45) is 0 Å². The van der Waals surface area contributed by atoms with Crippen molar-refractivity contribution in [2.45, 2.75) is 102 Å². The summed E-state index contributed by atoms with van der Waals surface area (Å²) in [4.78, 5) is 14.7. The van der Waals surface area contributed by atoms with E-state index in [9.17, 15) is 4.79 Å². The average Bonchev–Trinajstić information content (AvgIpc) is 3.52. The molecule has 1 aromatic carbocycles. The number of carbonyl (C=O) groups excluding carboxylic acids is 1. The minimum absolute atomic E-state index is 0.250. The number of alkyl carbamates (subject to hydrolysis) is 1. The van der Waals surface area contributed by atoms with Crippen molar-refractivity contribution in [3.8, 4) is 5.75 Å². The van der Waals surface area contributed by atoms with Crippen LogP contribution in [0.4, 0.5) is 4.79 Å². The van der Waals surface area contributed by atoms with Crippen molar-refractivity contribution < 1.29 is 14.3 Å². The first-order valence-electron chi connectivity index (χ1n) is 11.9. The fourth-order valence-electron chi connectivity index (χ4n) is 4.93. The highest BCUT2D eigenvalue weighted by atomic mass is 16.6. The predicted octanol–water partition coefficient (Wildman–Crippen LogP) is 5.24. The molecule has 1 heterocycles. The molecular formula is C25H38N2O3. The number of hydrogen-bond acceptors (Lipinski definition) is 4. The van der Waals surface area contributed by atoms with Crippen molar-refractivity contribution in [3.63, 3.8) is 0 Å². The van der Waals surface area contributed by atoms with E-state index in [1.807, 2.05) is 20.8 Å². The minimum atomic E-state index is -0.437. The molecular weight excluding hydrogens is 376 g/mol. The highest BCUT2D eigenvalue weighted by Gasteiger charge is 2.32. The number of amides is 1. The van der Waals surface area contributed by atoms with Gasteiger partial charge in [-0.05, 0) is 103 Å². The standard InChI is InChI=1S/C25H38N2O3/c1-25(2,3)30-24(28)26-19-8-10-20(11-9-19)27-16-14-18(15-17-27)22-6-4-5-7-23(22)29-21-12-13-21/h4-7,18-21H,8-17H2,1-3H3,(H,26,28). The second kappa shape index (κ2) is 9.17. The van der Waals surface area contributed by atoms with Crippen molar-refractivity contribution in [2.75, 3.05) is 13.1 Å². The predicted molar refractivity (Wildman–Crippen MR) is 119 cm³/mol. The van der Waals surface area contributed by atoms with Gasteiger partial charge in [-0.1, -0.05) is 18.2 Å². The van der Waals surface area contributed by atoms with Gasteiger partial charge in [0.1, 0.15) is 11.4 Å². The number of para-hydroxylation sites is 1. The maximum absolute atomic E-state index is 12.0. The number of hydrogen-bond donors (Lipinski definition) is 1. The Balaban J connectivity index is 1.22. The molecule has 5 nitrogen and oxygen atoms in total. The first-order valence-corrected chi connectivity index (χ1v) is 11.9. The van der Waals surface area contributed by atoms with Crippen LogP contribution in [0.1, 0.15) is 83.6 Å². The Morgan fingerprint density at radius 1 is 0.967 bits per heavy atom. The third kappa shape index (κ3) is 5.90. The molecule has 3 aliphatic rings. The number of ether oxygens (including phenoxy) is 2. The normalized spacial score (nSPS) is 26.2. The number of rotatable bonds is 5. The van der Waals surface area contributed by atoms with Crippen molar-refractivity contribution in [1.82, 2.24) is 10.2 Å². The van der Waals surface area contributed by atoms with Crippen LogP contribution in [-0.2, 0) is 4.74 Å². The SMILES string of the molecule is CC(C)(C)OC(=O)NC1CCC(N2CCC(c3ccccc3OC3CC3)CC2)CC1. The summed E-state index contributed by atoms with van der Waals surface area (Å²) in [6, 6.07) is 9.58. The highest BCUT2D eigenvalue weighted by Crippen LogP contribution is 2.38. The third-order valence-electron chi connectivity index (χ3n) is 6.64. The van der Waals surface area contributed by atoms with Gasteiger partial charge in [-0.15, -0.1) is 0 Å². The Kier molecular flexibility index (Phi) is 6.57. The topological polar surface area (TPSA) is 50.8 Å². The van der Waals surface area contributed by atoms with E-state index >= 15 is 0 Å². The first-order chi connectivity index (χ1) is 14.4. The molecule has 2 saturated carbocycles. The molecule has 0 atom stereocenters. The minimum Gasteiger partial charge on any atom is -0.490 e. The summed E-state index contributed by atoms with van der Waals surface area (Å²) >= 11 is 0. The Labute approximate surface area is 181 Å². The monoisotopic (exact) mass is 414 g/mol. The van der Waals surface area contributed by atoms with E-state index in [4.69, 9.17) is 9.47 Å². The molecule has 0 bridgehead atoms. The van der Waals surface area contributed by atoms with Crippen LogP contribution in [0.3, 0.4) is 0 Å². The fourth-order valence-corrected chi connectivity index (χ4v) is 4.93. The number of carbonyl (C=O) groups is 1. The van der Waals surface area contributed by atoms with E-state index in [2.05, 4.69) is 34.5 Å². The zero-order valence-electron chi connectivity index (χ0n) is 18.9. The van der Waals surface area contributed by atoms with Crippen molar-refractivity contribution in [1.29, 1.82) is 0 Å². The summed E-state index contributed by atoms with van der Waals surface area (Å²) in [5.41, 5.74) is 0.975. The van der Waals surface area contributed by atoms with Gasteiger partial charge in [0.15, 0.2) is 0 Å². The first kappa shape index (κ1) is 21.5. The molecule has 30 heavy (non-hydrogen) atoms. The van der Waals surface area contributed by atoms with Gasteiger partial charge in [0.25, 0.3) is 0 Å². The van der Waals surface area contributed by atoms with Crippen LogP contribution in [0.2, 0.25) is 0 Å². The summed E-state index contributed by atoms with van der Waals surface area (Å²) in [5.74, 6) is 1.73. The zero-order chi connectivity index (χ0) is 21.1. The summed E-state index contributed by atoms with van der Waals surface area (Å²) < 4.78 is 11.6. The molecule has 166 valence electrons. The van der Waals surface area contributed by atoms with Crippen LogP contribution in [0, 0.1) is 0 Å². The molecule has 1 amide bonds. The van der Waals surface area contributed by atoms with Crippen LogP contribution in [-0.4, -0.2) is 47.9 Å². The van der Waals surface area contributed by atoms with E-state index in [0.717, 1.165) is 44.5 Å². The number of benzene rings is 1. The number of nitrogens with zero attached hydrogens (tertiary/aromatic N) is 1. The van der Waals surface area contributed by atoms with Gasteiger partial charge in [-0.25, -0.2) is 4.79 Å². The lowest BCUT2D eigenvalue weighted by atomic mass is 9.85. The van der Waals surface area contributed by atoms with Crippen LogP contribution >= 0.6 is 0 Å². The fraction of sp³-hybridized carbons (Fsp3) is 0.720. The van der Waals surface area contributed by atoms with Crippen LogP contribution in [0.5, 0.6) is 5.75 Å². The lowest BCUT2D eigenvalue weighted by Crippen LogP contribution is -2.47. The van der Waals surface area contributed by atoms with E-state index in [0.29, 0.717) is 18.1 Å². The van der Waals surface area contributed by atoms with Gasteiger partial charge in [-0.3, -0.25) is 0 Å². The second-order valence-electron chi connectivity index (χ2n) is 10.3. The molecule has 1 N–H and O–H groups in total. The summed E-state index contributed by atoms with van der Waals surface area (Å²) in [5, 5.41) is 3.06. The Morgan fingerprint density at radius 3 is 2.27 bits per heavy atom. The lowest BCUT2D eigenvalue weighted by Gasteiger charge is -2.41. The van der Waals surface area contributed by atoms with Crippen LogP contribution in [0.15, 0.2) is 24.3 Å². The lowest BCUT2D eigenvalue weighted by molar-refractivity contribution is 0.0469. The molecule has 1 aromatic rings. The van der Waals surface area contributed by atoms with Crippen molar-refractivity contribution >= 4 is 6.09 Å². The van der Waals surface area contributed by atoms with E-state index < -0.39 is 5.60 Å². The largest absolute Gasteiger partial charge is 0.490 e. The molecule has 1 saturated heterocycles. The Hall–Kier alpha value is -1.75. The van der Waals surface area contributed by atoms with Gasteiger partial charge in [0.05, 0.1) is 6.10 Å². The van der Waals surface area contributed by atoms with Gasteiger partial charge in [0, 0.05) is 12.1 Å². The van der Waals surface area contributed by atoms with Gasteiger partial charge < -0.3 is 19.7 Å². The zero-order valence-corrected chi connectivity index (χ0v) is 18.9. The molecule has 0 unspecified atom stereocenters. The maximum Gasteiger partial charge on any atom is 0.407 e. The number of nitrogens with one attached hydrogen (secondary N) is 1. The Bertz CT molecular complexity index is 709. The molecule has 5 heteroatoms. The van der Waals surface area contributed by atoms with Gasteiger partial charge in [-0.2, -0.15) is 0 Å². The van der Waals surface area contributed by atoms with Crippen LogP contribution in [0.25, 0.3) is 0 Å². The van der Waals surface area contributed by atoms with Crippen molar-refractivity contribution in [3.05, 3.63) is 29.8 Å². The smallest absolute Gasteiger partial charge is 0.407 e. The number of piperidine rings is 1. The second-order valence-corrected chi connectivity index (χ2v) is 10.3. The number of likely N-dealkylation sites (tertiary alicyclic amines) is 1. The quantitative estimate of drug-likeness (QED) is 0.716. The van der Waals surface area contributed by atoms with Crippen LogP contribution < -0.4 is 10.1 Å². The molecule has 2 aliphatic carbocycles. The van der Waals surface area contributed by atoms with Gasteiger partial charge >= 0.3 is 6.09 Å². The summed E-state index contributed by atoms with van der Waals surface area (Å²) in [6.07, 6.45) is 9.41. The maximum atomic E-state index is 12.0. The van der Waals surface area contributed by atoms with E-state index in [1.54, 1.807) is 0 Å². The molecule has 0 spiro atoms. The molecule has 0 radical (unpaired) electrons. The Morgan fingerprint density at radius 2 is 1.63 bits per heavy atom. The highest BCUT2D eigenvalue weighted by molar-refractivity contribution is 5.68. The summed E-state index contributed by atoms with van der Waals surface area (Å²) in [6.45, 7) is 8.05. The van der Waals surface area contributed by atoms with E-state index in [-0.39, 0.29) is 12.1 Å². The average molecular weight is 415 g/mol. The van der Waals surface area contributed by atoms with E-state index in [1.165, 1.54) is 31.2 Å². The van der Waals surface area contributed by atoms with Gasteiger partial charge in [0.2, 0.25) is 0 Å². The molecule has 3 fully saturated rings. The third-order valence-corrected chi connectivity index (χ3v) is 6.64. The molecule has 0 aromatic heterocycles. The summed E-state index contributed by atoms with van der Waals surface area (Å²) in [7, 11) is 0.